The fourth-order valence-corrected chi connectivity index (χ4v) is 3.39. The zero-order valence-corrected chi connectivity index (χ0v) is 14.6. The van der Waals surface area contributed by atoms with Crippen molar-refractivity contribution in [3.8, 4) is 16.9 Å². The zero-order chi connectivity index (χ0) is 17.4. The molecule has 0 aliphatic rings. The summed E-state index contributed by atoms with van der Waals surface area (Å²) in [5.41, 5.74) is 4.87. The monoisotopic (exact) mass is 322 g/mol. The van der Waals surface area contributed by atoms with Crippen molar-refractivity contribution in [1.82, 2.24) is 9.55 Å². The van der Waals surface area contributed by atoms with Crippen LogP contribution in [0.4, 0.5) is 0 Å². The minimum Gasteiger partial charge on any atom is -0.506 e. The molecule has 0 bridgehead atoms. The molecule has 0 fully saturated rings. The van der Waals surface area contributed by atoms with Crippen molar-refractivity contribution in [2.45, 2.75) is 33.6 Å². The second-order valence-corrected chi connectivity index (χ2v) is 6.13. The van der Waals surface area contributed by atoms with Gasteiger partial charge in [-0.05, 0) is 48.6 Å². The minimum atomic E-state index is -0.216. The molecular weight excluding hydrogens is 300 g/mol. The van der Waals surface area contributed by atoms with Crippen molar-refractivity contribution in [3.05, 3.63) is 57.5 Å². The summed E-state index contributed by atoms with van der Waals surface area (Å²) in [4.78, 5) is 17.2. The van der Waals surface area contributed by atoms with Crippen LogP contribution in [0.15, 0.2) is 35.3 Å². The van der Waals surface area contributed by atoms with Crippen LogP contribution in [-0.2, 0) is 19.9 Å². The minimum absolute atomic E-state index is 0.0226. The van der Waals surface area contributed by atoms with Crippen LogP contribution in [0.1, 0.15) is 30.5 Å². The van der Waals surface area contributed by atoms with Gasteiger partial charge < -0.3 is 5.11 Å². The van der Waals surface area contributed by atoms with Crippen molar-refractivity contribution in [2.75, 3.05) is 0 Å². The number of benzene rings is 1. The Kier molecular flexibility index (Phi) is 4.14. The number of fused-ring (bicyclic) bond motifs is 1. The molecule has 4 heteroatoms. The summed E-state index contributed by atoms with van der Waals surface area (Å²) in [7, 11) is 1.70. The molecule has 0 aliphatic heterocycles. The average molecular weight is 322 g/mol. The van der Waals surface area contributed by atoms with Gasteiger partial charge in [-0.1, -0.05) is 31.5 Å². The van der Waals surface area contributed by atoms with Crippen LogP contribution in [0.5, 0.6) is 5.75 Å². The van der Waals surface area contributed by atoms with E-state index in [0.717, 1.165) is 29.5 Å². The number of aromatic nitrogens is 2. The van der Waals surface area contributed by atoms with E-state index in [1.165, 1.54) is 10.1 Å². The van der Waals surface area contributed by atoms with Crippen molar-refractivity contribution >= 4 is 11.0 Å². The van der Waals surface area contributed by atoms with E-state index in [4.69, 9.17) is 0 Å². The molecule has 0 aliphatic carbocycles. The lowest BCUT2D eigenvalue weighted by molar-refractivity contribution is 0.481. The Balaban J connectivity index is 2.50. The Morgan fingerprint density at radius 2 is 1.75 bits per heavy atom. The standard InChI is InChI=1S/C20H22N2O2/c1-5-13-10-12(3)11-14(6-2)16(13)17-18(23)15-8-7-9-21-19(15)22(4)20(17)24/h7-11,23H,5-6H2,1-4H3. The van der Waals surface area contributed by atoms with Gasteiger partial charge in [0.1, 0.15) is 11.4 Å². The molecule has 124 valence electrons. The number of hydrogen-bond acceptors (Lipinski definition) is 3. The van der Waals surface area contributed by atoms with Gasteiger partial charge in [-0.2, -0.15) is 0 Å². The number of aromatic hydroxyl groups is 1. The smallest absolute Gasteiger partial charge is 0.263 e. The van der Waals surface area contributed by atoms with E-state index < -0.39 is 0 Å². The summed E-state index contributed by atoms with van der Waals surface area (Å²) in [5.74, 6) is 0.0226. The van der Waals surface area contributed by atoms with Crippen molar-refractivity contribution in [2.24, 2.45) is 7.05 Å². The number of aryl methyl sites for hydroxylation is 4. The highest BCUT2D eigenvalue weighted by Crippen LogP contribution is 2.37. The Hall–Kier alpha value is -2.62. The van der Waals surface area contributed by atoms with Crippen LogP contribution in [0, 0.1) is 6.92 Å². The first-order valence-corrected chi connectivity index (χ1v) is 8.29. The molecule has 3 aromatic rings. The van der Waals surface area contributed by atoms with Crippen LogP contribution in [-0.4, -0.2) is 14.7 Å². The molecular formula is C20H22N2O2. The third-order valence-electron chi connectivity index (χ3n) is 4.57. The lowest BCUT2D eigenvalue weighted by Crippen LogP contribution is -2.21. The zero-order valence-electron chi connectivity index (χ0n) is 14.6. The first-order chi connectivity index (χ1) is 11.5. The highest BCUT2D eigenvalue weighted by molar-refractivity contribution is 5.91. The Morgan fingerprint density at radius 1 is 1.12 bits per heavy atom. The predicted molar refractivity (Wildman–Crippen MR) is 97.6 cm³/mol. The third kappa shape index (κ3) is 2.39. The van der Waals surface area contributed by atoms with E-state index in [0.29, 0.717) is 16.6 Å². The molecule has 0 atom stereocenters. The van der Waals surface area contributed by atoms with E-state index in [1.54, 1.807) is 25.4 Å². The normalized spacial score (nSPS) is 11.2. The summed E-state index contributed by atoms with van der Waals surface area (Å²) in [5, 5.41) is 11.5. The Morgan fingerprint density at radius 3 is 2.33 bits per heavy atom. The molecule has 0 amide bonds. The molecule has 1 N–H and O–H groups in total. The van der Waals surface area contributed by atoms with Gasteiger partial charge in [0.05, 0.1) is 10.9 Å². The summed E-state index contributed by atoms with van der Waals surface area (Å²) >= 11 is 0. The molecule has 2 heterocycles. The van der Waals surface area contributed by atoms with Gasteiger partial charge in [0, 0.05) is 13.2 Å². The first kappa shape index (κ1) is 16.2. The summed E-state index contributed by atoms with van der Waals surface area (Å²) in [6.07, 6.45) is 3.23. The van der Waals surface area contributed by atoms with Crippen LogP contribution in [0.2, 0.25) is 0 Å². The van der Waals surface area contributed by atoms with E-state index in [-0.39, 0.29) is 11.3 Å². The summed E-state index contributed by atoms with van der Waals surface area (Å²) in [6, 6.07) is 7.76. The van der Waals surface area contributed by atoms with E-state index >= 15 is 0 Å². The molecule has 0 saturated carbocycles. The molecule has 1 aromatic carbocycles. The van der Waals surface area contributed by atoms with Gasteiger partial charge in [-0.15, -0.1) is 0 Å². The summed E-state index contributed by atoms with van der Waals surface area (Å²) < 4.78 is 1.52. The number of hydrogen-bond donors (Lipinski definition) is 1. The number of pyridine rings is 2. The topological polar surface area (TPSA) is 55.1 Å². The van der Waals surface area contributed by atoms with Crippen LogP contribution < -0.4 is 5.56 Å². The second-order valence-electron chi connectivity index (χ2n) is 6.13. The van der Waals surface area contributed by atoms with E-state index in [1.807, 2.05) is 0 Å². The van der Waals surface area contributed by atoms with Crippen LogP contribution >= 0.6 is 0 Å². The van der Waals surface area contributed by atoms with Gasteiger partial charge in [-0.3, -0.25) is 9.36 Å². The Bertz CT molecular complexity index is 962. The average Bonchev–Trinajstić information content (AvgIpc) is 2.60. The van der Waals surface area contributed by atoms with E-state index in [2.05, 4.69) is 37.9 Å². The quantitative estimate of drug-likeness (QED) is 0.799. The molecule has 0 unspecified atom stereocenters. The maximum atomic E-state index is 13.0. The SMILES string of the molecule is CCc1cc(C)cc(CC)c1-c1c(O)c2cccnc2n(C)c1=O. The lowest BCUT2D eigenvalue weighted by Gasteiger charge is -2.17. The molecule has 2 aromatic heterocycles. The van der Waals surface area contributed by atoms with Crippen molar-refractivity contribution < 1.29 is 5.11 Å². The van der Waals surface area contributed by atoms with Gasteiger partial charge in [0.15, 0.2) is 0 Å². The van der Waals surface area contributed by atoms with Crippen molar-refractivity contribution in [3.63, 3.8) is 0 Å². The van der Waals surface area contributed by atoms with Crippen molar-refractivity contribution in [1.29, 1.82) is 0 Å². The Labute approximate surface area is 141 Å². The largest absolute Gasteiger partial charge is 0.506 e. The highest BCUT2D eigenvalue weighted by Gasteiger charge is 2.21. The van der Waals surface area contributed by atoms with Crippen LogP contribution in [0.3, 0.4) is 0 Å². The highest BCUT2D eigenvalue weighted by atomic mass is 16.3. The predicted octanol–water partition coefficient (Wildman–Crippen LogP) is 3.74. The van der Waals surface area contributed by atoms with E-state index in [9.17, 15) is 9.90 Å². The molecule has 0 saturated heterocycles. The molecule has 3 rings (SSSR count). The third-order valence-corrected chi connectivity index (χ3v) is 4.57. The first-order valence-electron chi connectivity index (χ1n) is 8.29. The van der Waals surface area contributed by atoms with Gasteiger partial charge in [-0.25, -0.2) is 4.98 Å². The van der Waals surface area contributed by atoms with Gasteiger partial charge >= 0.3 is 0 Å². The maximum absolute atomic E-state index is 13.0. The van der Waals surface area contributed by atoms with Crippen LogP contribution in [0.25, 0.3) is 22.2 Å². The molecule has 0 radical (unpaired) electrons. The van der Waals surface area contributed by atoms with Gasteiger partial charge in [0.25, 0.3) is 5.56 Å². The maximum Gasteiger partial charge on any atom is 0.263 e. The number of nitrogens with zero attached hydrogens (tertiary/aromatic N) is 2. The summed E-state index contributed by atoms with van der Waals surface area (Å²) in [6.45, 7) is 6.20. The number of rotatable bonds is 3. The fourth-order valence-electron chi connectivity index (χ4n) is 3.39. The molecule has 4 nitrogen and oxygen atoms in total. The molecule has 0 spiro atoms. The fraction of sp³-hybridized carbons (Fsp3) is 0.300. The molecule has 24 heavy (non-hydrogen) atoms. The van der Waals surface area contributed by atoms with Gasteiger partial charge in [0.2, 0.25) is 0 Å². The lowest BCUT2D eigenvalue weighted by atomic mass is 9.89. The second kappa shape index (κ2) is 6.11.